The predicted molar refractivity (Wildman–Crippen MR) is 64.7 cm³/mol. The molecule has 0 bridgehead atoms. The van der Waals surface area contributed by atoms with Crippen LogP contribution in [0.1, 0.15) is 24.4 Å². The van der Waals surface area contributed by atoms with Crippen molar-refractivity contribution in [1.82, 2.24) is 14.1 Å². The van der Waals surface area contributed by atoms with E-state index in [0.29, 0.717) is 18.4 Å². The molecule has 0 aromatic carbocycles. The molecule has 0 saturated heterocycles. The Bertz CT molecular complexity index is 577. The molecule has 0 spiro atoms. The van der Waals surface area contributed by atoms with Gasteiger partial charge in [0.15, 0.2) is 0 Å². The van der Waals surface area contributed by atoms with Gasteiger partial charge in [0.2, 0.25) is 0 Å². The molecular formula is C12H14N4O. The molecule has 5 nitrogen and oxygen atoms in total. The second-order valence-corrected chi connectivity index (χ2v) is 4.44. The van der Waals surface area contributed by atoms with Crippen LogP contribution in [0, 0.1) is 0 Å². The maximum Gasteiger partial charge on any atom is 0.328 e. The predicted octanol–water partition coefficient (Wildman–Crippen LogP) is 1.01. The summed E-state index contributed by atoms with van der Waals surface area (Å²) >= 11 is 0. The van der Waals surface area contributed by atoms with E-state index in [4.69, 9.17) is 5.73 Å². The van der Waals surface area contributed by atoms with Crippen molar-refractivity contribution in [3.8, 4) is 0 Å². The number of nitrogens with two attached hydrogens (primary N) is 1. The molecule has 3 rings (SSSR count). The summed E-state index contributed by atoms with van der Waals surface area (Å²) in [5.74, 6) is 0.497. The van der Waals surface area contributed by atoms with Crippen molar-refractivity contribution < 1.29 is 0 Å². The summed E-state index contributed by atoms with van der Waals surface area (Å²) in [4.78, 5) is 16.0. The molecule has 0 unspecified atom stereocenters. The Morgan fingerprint density at radius 3 is 2.82 bits per heavy atom. The van der Waals surface area contributed by atoms with Gasteiger partial charge in [0, 0.05) is 24.6 Å². The summed E-state index contributed by atoms with van der Waals surface area (Å²) < 4.78 is 3.51. The minimum atomic E-state index is 0.0596. The number of anilines is 1. The third kappa shape index (κ3) is 1.95. The van der Waals surface area contributed by atoms with E-state index in [9.17, 15) is 4.79 Å². The molecule has 0 aliphatic heterocycles. The number of nitrogens with zero attached hydrogens (tertiary/aromatic N) is 3. The number of hydrogen-bond acceptors (Lipinski definition) is 3. The molecule has 1 aliphatic rings. The van der Waals surface area contributed by atoms with Crippen molar-refractivity contribution in [2.75, 3.05) is 5.73 Å². The van der Waals surface area contributed by atoms with E-state index in [0.717, 1.165) is 18.4 Å². The van der Waals surface area contributed by atoms with Crippen molar-refractivity contribution in [3.63, 3.8) is 0 Å². The van der Waals surface area contributed by atoms with Crippen LogP contribution in [0.15, 0.2) is 35.5 Å². The van der Waals surface area contributed by atoms with Crippen LogP contribution in [0.4, 0.5) is 5.82 Å². The Morgan fingerprint density at radius 1 is 1.35 bits per heavy atom. The minimum Gasteiger partial charge on any atom is -0.384 e. The average molecular weight is 230 g/mol. The molecule has 5 heteroatoms. The van der Waals surface area contributed by atoms with Crippen LogP contribution in [-0.2, 0) is 6.54 Å². The number of hydrogen-bond donors (Lipinski definition) is 1. The van der Waals surface area contributed by atoms with E-state index in [2.05, 4.69) is 4.98 Å². The van der Waals surface area contributed by atoms with E-state index in [-0.39, 0.29) is 5.69 Å². The van der Waals surface area contributed by atoms with Gasteiger partial charge in [-0.3, -0.25) is 9.13 Å². The van der Waals surface area contributed by atoms with Crippen molar-refractivity contribution in [2.24, 2.45) is 0 Å². The summed E-state index contributed by atoms with van der Waals surface area (Å²) in [5, 5.41) is 0. The third-order valence-electron chi connectivity index (χ3n) is 3.01. The number of pyridine rings is 1. The Morgan fingerprint density at radius 2 is 2.18 bits per heavy atom. The molecule has 2 aromatic rings. The molecule has 1 fully saturated rings. The summed E-state index contributed by atoms with van der Waals surface area (Å²) in [5.41, 5.74) is 6.56. The molecule has 2 aromatic heterocycles. The van der Waals surface area contributed by atoms with Gasteiger partial charge in [0.25, 0.3) is 0 Å². The van der Waals surface area contributed by atoms with Crippen LogP contribution in [0.3, 0.4) is 0 Å². The van der Waals surface area contributed by atoms with Gasteiger partial charge in [-0.15, -0.1) is 0 Å². The second kappa shape index (κ2) is 3.76. The number of nitrogen functional groups attached to an aromatic ring is 1. The number of imidazole rings is 1. The summed E-state index contributed by atoms with van der Waals surface area (Å²) in [6, 6.07) is 4.06. The van der Waals surface area contributed by atoms with Gasteiger partial charge in [-0.25, -0.2) is 9.78 Å². The quantitative estimate of drug-likeness (QED) is 0.855. The zero-order valence-corrected chi connectivity index (χ0v) is 9.41. The fourth-order valence-electron chi connectivity index (χ4n) is 1.91. The first-order valence-corrected chi connectivity index (χ1v) is 5.72. The molecule has 2 N–H and O–H groups in total. The lowest BCUT2D eigenvalue weighted by Gasteiger charge is -2.02. The van der Waals surface area contributed by atoms with Crippen LogP contribution in [0.25, 0.3) is 0 Å². The topological polar surface area (TPSA) is 65.8 Å². The van der Waals surface area contributed by atoms with Crippen molar-refractivity contribution >= 4 is 5.82 Å². The van der Waals surface area contributed by atoms with Crippen LogP contribution < -0.4 is 11.4 Å². The Labute approximate surface area is 98.5 Å². The smallest absolute Gasteiger partial charge is 0.328 e. The standard InChI is InChI=1S/C12H14N4O/c13-11-4-1-9(7-14-11)8-15-5-6-16(12(15)17)10-2-3-10/h1,4-7,10H,2-3,8H2,(H2,13,14). The van der Waals surface area contributed by atoms with Crippen LogP contribution in [0.5, 0.6) is 0 Å². The van der Waals surface area contributed by atoms with Crippen LogP contribution in [-0.4, -0.2) is 14.1 Å². The van der Waals surface area contributed by atoms with E-state index in [1.54, 1.807) is 16.8 Å². The van der Waals surface area contributed by atoms with Gasteiger partial charge in [0.1, 0.15) is 5.82 Å². The Balaban J connectivity index is 1.85. The molecule has 1 aliphatic carbocycles. The van der Waals surface area contributed by atoms with Gasteiger partial charge >= 0.3 is 5.69 Å². The monoisotopic (exact) mass is 230 g/mol. The molecule has 88 valence electrons. The zero-order chi connectivity index (χ0) is 11.8. The zero-order valence-electron chi connectivity index (χ0n) is 9.41. The van der Waals surface area contributed by atoms with Crippen molar-refractivity contribution in [2.45, 2.75) is 25.4 Å². The van der Waals surface area contributed by atoms with E-state index in [1.165, 1.54) is 0 Å². The lowest BCUT2D eigenvalue weighted by molar-refractivity contribution is 0.655. The van der Waals surface area contributed by atoms with Crippen molar-refractivity contribution in [3.05, 3.63) is 46.8 Å². The van der Waals surface area contributed by atoms with E-state index < -0.39 is 0 Å². The average Bonchev–Trinajstić information content (AvgIpc) is 3.10. The molecule has 0 atom stereocenters. The highest BCUT2D eigenvalue weighted by atomic mass is 16.1. The van der Waals surface area contributed by atoms with Gasteiger partial charge < -0.3 is 5.73 Å². The van der Waals surface area contributed by atoms with Crippen molar-refractivity contribution in [1.29, 1.82) is 0 Å². The first-order valence-electron chi connectivity index (χ1n) is 5.72. The molecule has 17 heavy (non-hydrogen) atoms. The third-order valence-corrected chi connectivity index (χ3v) is 3.01. The van der Waals surface area contributed by atoms with Gasteiger partial charge in [-0.2, -0.15) is 0 Å². The van der Waals surface area contributed by atoms with E-state index >= 15 is 0 Å². The normalized spacial score (nSPS) is 15.1. The maximum absolute atomic E-state index is 12.0. The molecular weight excluding hydrogens is 216 g/mol. The fraction of sp³-hybridized carbons (Fsp3) is 0.333. The van der Waals surface area contributed by atoms with E-state index in [1.807, 2.05) is 23.0 Å². The number of rotatable bonds is 3. The highest BCUT2D eigenvalue weighted by molar-refractivity contribution is 5.29. The number of aromatic nitrogens is 3. The van der Waals surface area contributed by atoms with Crippen LogP contribution >= 0.6 is 0 Å². The van der Waals surface area contributed by atoms with Gasteiger partial charge in [-0.1, -0.05) is 6.07 Å². The lowest BCUT2D eigenvalue weighted by atomic mass is 10.3. The minimum absolute atomic E-state index is 0.0596. The van der Waals surface area contributed by atoms with Gasteiger partial charge in [-0.05, 0) is 24.5 Å². The Kier molecular flexibility index (Phi) is 2.24. The lowest BCUT2D eigenvalue weighted by Crippen LogP contribution is -2.23. The largest absolute Gasteiger partial charge is 0.384 e. The van der Waals surface area contributed by atoms with Gasteiger partial charge in [0.05, 0.1) is 6.54 Å². The molecule has 0 amide bonds. The first kappa shape index (κ1) is 10.1. The SMILES string of the molecule is Nc1ccc(Cn2ccn(C3CC3)c2=O)cn1. The highest BCUT2D eigenvalue weighted by Crippen LogP contribution is 2.33. The summed E-state index contributed by atoms with van der Waals surface area (Å²) in [7, 11) is 0. The second-order valence-electron chi connectivity index (χ2n) is 4.44. The van der Waals surface area contributed by atoms with Crippen LogP contribution in [0.2, 0.25) is 0 Å². The molecule has 1 saturated carbocycles. The highest BCUT2D eigenvalue weighted by Gasteiger charge is 2.25. The Hall–Kier alpha value is -2.04. The maximum atomic E-state index is 12.0. The fourth-order valence-corrected chi connectivity index (χ4v) is 1.91. The molecule has 0 radical (unpaired) electrons. The summed E-state index contributed by atoms with van der Waals surface area (Å²) in [6.45, 7) is 0.547. The molecule has 2 heterocycles. The first-order chi connectivity index (χ1) is 8.24. The summed E-state index contributed by atoms with van der Waals surface area (Å²) in [6.07, 6.45) is 7.64.